The Balaban J connectivity index is 1.99. The van der Waals surface area contributed by atoms with E-state index in [9.17, 15) is 0 Å². The monoisotopic (exact) mass is 291 g/mol. The molecule has 2 rings (SSSR count). The average molecular weight is 291 g/mol. The molecule has 1 N–H and O–H groups in total. The van der Waals surface area contributed by atoms with Crippen LogP contribution in [0.3, 0.4) is 0 Å². The number of aryl methyl sites for hydroxylation is 1. The minimum absolute atomic E-state index is 0.144. The molecule has 0 heterocycles. The van der Waals surface area contributed by atoms with Crippen molar-refractivity contribution in [2.24, 2.45) is 11.3 Å². The first-order valence-electron chi connectivity index (χ1n) is 7.87. The molecule has 0 radical (unpaired) electrons. The van der Waals surface area contributed by atoms with Crippen LogP contribution in [0.4, 0.5) is 5.69 Å². The molecule has 3 nitrogen and oxygen atoms in total. The van der Waals surface area contributed by atoms with Crippen molar-refractivity contribution in [3.63, 3.8) is 0 Å². The summed E-state index contributed by atoms with van der Waals surface area (Å²) in [6.45, 7) is 11.9. The van der Waals surface area contributed by atoms with E-state index in [4.69, 9.17) is 9.47 Å². The predicted octanol–water partition coefficient (Wildman–Crippen LogP) is 4.26. The molecule has 1 fully saturated rings. The molecule has 0 aliphatic heterocycles. The lowest BCUT2D eigenvalue weighted by Gasteiger charge is -2.52. The molecule has 2 unspecified atom stereocenters. The van der Waals surface area contributed by atoms with Gasteiger partial charge in [-0.3, -0.25) is 0 Å². The van der Waals surface area contributed by atoms with Gasteiger partial charge in [-0.2, -0.15) is 0 Å². The van der Waals surface area contributed by atoms with Crippen LogP contribution in [0.15, 0.2) is 18.2 Å². The number of rotatable bonds is 6. The van der Waals surface area contributed by atoms with Gasteiger partial charge < -0.3 is 14.8 Å². The number of nitrogens with one attached hydrogen (secondary N) is 1. The number of hydrogen-bond donors (Lipinski definition) is 1. The molecule has 0 aromatic heterocycles. The summed E-state index contributed by atoms with van der Waals surface area (Å²) < 4.78 is 11.5. The van der Waals surface area contributed by atoms with E-state index >= 15 is 0 Å². The summed E-state index contributed by atoms with van der Waals surface area (Å²) in [5.41, 5.74) is 2.43. The van der Waals surface area contributed by atoms with Crippen molar-refractivity contribution in [2.75, 3.05) is 19.0 Å². The van der Waals surface area contributed by atoms with E-state index < -0.39 is 0 Å². The standard InChI is InChI=1S/C18H29NO2/c1-12(2)11-21-17-10-16(18(17,4)5)19-14-8-7-13(3)9-15(14)20-6/h7-9,12,16-17,19H,10-11H2,1-6H3. The number of anilines is 1. The SMILES string of the molecule is COc1cc(C)ccc1NC1CC(OCC(C)C)C1(C)C. The first-order chi connectivity index (χ1) is 9.84. The van der Waals surface area contributed by atoms with Gasteiger partial charge in [-0.15, -0.1) is 0 Å². The molecule has 0 saturated heterocycles. The van der Waals surface area contributed by atoms with E-state index in [1.165, 1.54) is 5.56 Å². The lowest BCUT2D eigenvalue weighted by Crippen LogP contribution is -2.58. The fourth-order valence-electron chi connectivity index (χ4n) is 2.83. The Morgan fingerprint density at radius 2 is 2.05 bits per heavy atom. The lowest BCUT2D eigenvalue weighted by molar-refractivity contribution is -0.108. The molecule has 1 aliphatic rings. The molecule has 1 saturated carbocycles. The molecular formula is C18H29NO2. The third kappa shape index (κ3) is 3.52. The molecule has 21 heavy (non-hydrogen) atoms. The summed E-state index contributed by atoms with van der Waals surface area (Å²) in [7, 11) is 1.72. The molecule has 0 bridgehead atoms. The van der Waals surface area contributed by atoms with Crippen molar-refractivity contribution in [2.45, 2.75) is 53.2 Å². The molecule has 2 atom stereocenters. The fraction of sp³-hybridized carbons (Fsp3) is 0.667. The highest BCUT2D eigenvalue weighted by Gasteiger charge is 2.49. The molecule has 1 aliphatic carbocycles. The quantitative estimate of drug-likeness (QED) is 0.849. The van der Waals surface area contributed by atoms with E-state index in [0.717, 1.165) is 24.5 Å². The molecular weight excluding hydrogens is 262 g/mol. The highest BCUT2D eigenvalue weighted by Crippen LogP contribution is 2.45. The van der Waals surface area contributed by atoms with Crippen LogP contribution in [0.2, 0.25) is 0 Å². The van der Waals surface area contributed by atoms with Gasteiger partial charge in [0.25, 0.3) is 0 Å². The number of ether oxygens (including phenoxy) is 2. The highest BCUT2D eigenvalue weighted by atomic mass is 16.5. The lowest BCUT2D eigenvalue weighted by atomic mass is 9.64. The van der Waals surface area contributed by atoms with Gasteiger partial charge in [0.05, 0.1) is 18.9 Å². The van der Waals surface area contributed by atoms with Crippen LogP contribution in [0, 0.1) is 18.3 Å². The van der Waals surface area contributed by atoms with Crippen LogP contribution in [-0.2, 0) is 4.74 Å². The van der Waals surface area contributed by atoms with Gasteiger partial charge in [-0.25, -0.2) is 0 Å². The van der Waals surface area contributed by atoms with Crippen molar-refractivity contribution in [3.8, 4) is 5.75 Å². The Bertz CT molecular complexity index is 482. The maximum atomic E-state index is 6.03. The summed E-state index contributed by atoms with van der Waals surface area (Å²) in [5.74, 6) is 1.50. The second kappa shape index (κ2) is 6.27. The maximum Gasteiger partial charge on any atom is 0.142 e. The van der Waals surface area contributed by atoms with E-state index in [0.29, 0.717) is 18.1 Å². The predicted molar refractivity (Wildman–Crippen MR) is 88.1 cm³/mol. The molecule has 3 heteroatoms. The third-order valence-corrected chi connectivity index (χ3v) is 4.50. The van der Waals surface area contributed by atoms with Crippen molar-refractivity contribution < 1.29 is 9.47 Å². The first kappa shape index (κ1) is 16.2. The Labute approximate surface area is 129 Å². The maximum absolute atomic E-state index is 6.03. The summed E-state index contributed by atoms with van der Waals surface area (Å²) in [6.07, 6.45) is 1.39. The Kier molecular flexibility index (Phi) is 4.82. The number of hydrogen-bond acceptors (Lipinski definition) is 3. The average Bonchev–Trinajstić information content (AvgIpc) is 2.42. The summed E-state index contributed by atoms with van der Waals surface area (Å²) in [5, 5.41) is 3.63. The molecule has 0 spiro atoms. The van der Waals surface area contributed by atoms with Crippen molar-refractivity contribution >= 4 is 5.69 Å². The largest absolute Gasteiger partial charge is 0.495 e. The van der Waals surface area contributed by atoms with Crippen molar-refractivity contribution in [1.82, 2.24) is 0 Å². The molecule has 1 aromatic carbocycles. The normalized spacial score (nSPS) is 23.8. The zero-order valence-corrected chi connectivity index (χ0v) is 14.2. The van der Waals surface area contributed by atoms with Gasteiger partial charge in [-0.1, -0.05) is 33.8 Å². The number of methoxy groups -OCH3 is 1. The van der Waals surface area contributed by atoms with E-state index in [1.54, 1.807) is 7.11 Å². The van der Waals surface area contributed by atoms with Gasteiger partial charge in [-0.05, 0) is 37.0 Å². The fourth-order valence-corrected chi connectivity index (χ4v) is 2.83. The Morgan fingerprint density at radius 3 is 2.62 bits per heavy atom. The van der Waals surface area contributed by atoms with Gasteiger partial charge in [0.2, 0.25) is 0 Å². The molecule has 1 aromatic rings. The second-order valence-electron chi connectivity index (χ2n) is 7.17. The minimum atomic E-state index is 0.144. The topological polar surface area (TPSA) is 30.5 Å². The van der Waals surface area contributed by atoms with E-state index in [1.807, 2.05) is 0 Å². The third-order valence-electron chi connectivity index (χ3n) is 4.50. The van der Waals surface area contributed by atoms with Crippen LogP contribution in [0.5, 0.6) is 5.75 Å². The van der Waals surface area contributed by atoms with Crippen LogP contribution in [0.25, 0.3) is 0 Å². The van der Waals surface area contributed by atoms with E-state index in [-0.39, 0.29) is 5.41 Å². The Hall–Kier alpha value is -1.22. The molecule has 0 amide bonds. The minimum Gasteiger partial charge on any atom is -0.495 e. The zero-order chi connectivity index (χ0) is 15.6. The summed E-state index contributed by atoms with van der Waals surface area (Å²) in [4.78, 5) is 0. The number of benzene rings is 1. The van der Waals surface area contributed by atoms with Crippen molar-refractivity contribution in [1.29, 1.82) is 0 Å². The molecule has 118 valence electrons. The van der Waals surface area contributed by atoms with Gasteiger partial charge in [0, 0.05) is 18.1 Å². The van der Waals surface area contributed by atoms with Gasteiger partial charge in [0.15, 0.2) is 0 Å². The van der Waals surface area contributed by atoms with Crippen LogP contribution >= 0.6 is 0 Å². The Morgan fingerprint density at radius 1 is 1.33 bits per heavy atom. The van der Waals surface area contributed by atoms with Crippen LogP contribution < -0.4 is 10.1 Å². The first-order valence-corrected chi connectivity index (χ1v) is 7.87. The second-order valence-corrected chi connectivity index (χ2v) is 7.17. The summed E-state index contributed by atoms with van der Waals surface area (Å²) >= 11 is 0. The highest BCUT2D eigenvalue weighted by molar-refractivity contribution is 5.58. The van der Waals surface area contributed by atoms with Gasteiger partial charge in [0.1, 0.15) is 5.75 Å². The van der Waals surface area contributed by atoms with E-state index in [2.05, 4.69) is 58.1 Å². The zero-order valence-electron chi connectivity index (χ0n) is 14.2. The summed E-state index contributed by atoms with van der Waals surface area (Å²) in [6, 6.07) is 6.71. The van der Waals surface area contributed by atoms with Crippen LogP contribution in [0.1, 0.15) is 39.7 Å². The van der Waals surface area contributed by atoms with Gasteiger partial charge >= 0.3 is 0 Å². The smallest absolute Gasteiger partial charge is 0.142 e. The van der Waals surface area contributed by atoms with Crippen molar-refractivity contribution in [3.05, 3.63) is 23.8 Å². The van der Waals surface area contributed by atoms with Crippen LogP contribution in [-0.4, -0.2) is 25.9 Å².